The topological polar surface area (TPSA) is 50.1 Å². The summed E-state index contributed by atoms with van der Waals surface area (Å²) >= 11 is 6.60. The Morgan fingerprint density at radius 2 is 1.57 bits per heavy atom. The van der Waals surface area contributed by atoms with Gasteiger partial charge in [0.15, 0.2) is 5.82 Å². The summed E-state index contributed by atoms with van der Waals surface area (Å²) in [5.41, 5.74) is 2.32. The summed E-state index contributed by atoms with van der Waals surface area (Å²) in [6, 6.07) is 18.7. The molecule has 146 valence electrons. The van der Waals surface area contributed by atoms with Crippen molar-refractivity contribution in [3.8, 4) is 0 Å². The average Bonchev–Trinajstić information content (AvgIpc) is 3.21. The first kappa shape index (κ1) is 18.9. The van der Waals surface area contributed by atoms with Crippen molar-refractivity contribution in [2.24, 2.45) is 0 Å². The zero-order valence-corrected chi connectivity index (χ0v) is 17.0. The third kappa shape index (κ3) is 3.75. The van der Waals surface area contributed by atoms with Gasteiger partial charge in [-0.25, -0.2) is 4.68 Å². The fraction of sp³-hybridized carbons (Fsp3) is 0.381. The summed E-state index contributed by atoms with van der Waals surface area (Å²) in [6.45, 7) is 7.92. The normalized spacial score (nSPS) is 16.5. The minimum atomic E-state index is -0.0657. The van der Waals surface area contributed by atoms with Gasteiger partial charge in [0.05, 0.1) is 12.1 Å². The maximum Gasteiger partial charge on any atom is 0.173 e. The number of nitrogens with zero attached hydrogens (tertiary/aromatic N) is 6. The lowest BCUT2D eigenvalue weighted by Gasteiger charge is -2.40. The molecule has 6 nitrogen and oxygen atoms in total. The van der Waals surface area contributed by atoms with Crippen LogP contribution in [0.25, 0.3) is 0 Å². The van der Waals surface area contributed by atoms with Crippen LogP contribution in [0.15, 0.2) is 54.6 Å². The monoisotopic (exact) mass is 396 g/mol. The van der Waals surface area contributed by atoms with E-state index in [2.05, 4.69) is 75.6 Å². The van der Waals surface area contributed by atoms with E-state index < -0.39 is 0 Å². The Kier molecular flexibility index (Phi) is 5.59. The van der Waals surface area contributed by atoms with Crippen molar-refractivity contribution < 1.29 is 0 Å². The minimum absolute atomic E-state index is 0.0657. The summed E-state index contributed by atoms with van der Waals surface area (Å²) in [7, 11) is 0. The summed E-state index contributed by atoms with van der Waals surface area (Å²) in [5, 5.41) is 13.3. The van der Waals surface area contributed by atoms with Crippen molar-refractivity contribution in [3.05, 3.63) is 71.0 Å². The fourth-order valence-electron chi connectivity index (χ4n) is 3.82. The van der Waals surface area contributed by atoms with Gasteiger partial charge in [0.1, 0.15) is 0 Å². The highest BCUT2D eigenvalue weighted by molar-refractivity contribution is 6.31. The molecule has 1 saturated heterocycles. The van der Waals surface area contributed by atoms with Gasteiger partial charge in [-0.1, -0.05) is 48.0 Å². The lowest BCUT2D eigenvalue weighted by atomic mass is 10.0. The van der Waals surface area contributed by atoms with Gasteiger partial charge in [-0.15, -0.1) is 5.10 Å². The van der Waals surface area contributed by atoms with Crippen molar-refractivity contribution in [1.82, 2.24) is 25.1 Å². The van der Waals surface area contributed by atoms with Crippen LogP contribution in [0.3, 0.4) is 0 Å². The molecule has 0 unspecified atom stereocenters. The Balaban J connectivity index is 1.64. The number of halogens is 1. The standard InChI is InChI=1S/C21H25ClN6/c1-16(2)28-21(23-24-25-28)20(18-10-6-7-11-19(18)22)27-14-12-26(13-15-27)17-8-4-3-5-9-17/h3-11,16,20H,12-15H2,1-2H3/t20-/m0/s1. The van der Waals surface area contributed by atoms with Crippen molar-refractivity contribution in [2.75, 3.05) is 31.1 Å². The van der Waals surface area contributed by atoms with E-state index in [1.54, 1.807) is 0 Å². The van der Waals surface area contributed by atoms with Crippen LogP contribution in [0.1, 0.15) is 37.3 Å². The van der Waals surface area contributed by atoms with E-state index in [1.165, 1.54) is 5.69 Å². The third-order valence-corrected chi connectivity index (χ3v) is 5.60. The van der Waals surface area contributed by atoms with Crippen LogP contribution in [0.5, 0.6) is 0 Å². The van der Waals surface area contributed by atoms with Gasteiger partial charge in [-0.3, -0.25) is 4.90 Å². The Labute approximate surface area is 170 Å². The number of anilines is 1. The minimum Gasteiger partial charge on any atom is -0.369 e. The predicted octanol–water partition coefficient (Wildman–Crippen LogP) is 3.82. The van der Waals surface area contributed by atoms with E-state index in [4.69, 9.17) is 11.6 Å². The van der Waals surface area contributed by atoms with Gasteiger partial charge in [-0.2, -0.15) is 0 Å². The van der Waals surface area contributed by atoms with Crippen LogP contribution in [0, 0.1) is 0 Å². The van der Waals surface area contributed by atoms with E-state index in [1.807, 2.05) is 22.9 Å². The summed E-state index contributed by atoms with van der Waals surface area (Å²) in [5.74, 6) is 0.844. The lowest BCUT2D eigenvalue weighted by molar-refractivity contribution is 0.199. The zero-order valence-electron chi connectivity index (χ0n) is 16.2. The molecule has 0 bridgehead atoms. The smallest absolute Gasteiger partial charge is 0.173 e. The molecule has 0 aliphatic carbocycles. The average molecular weight is 397 g/mol. The van der Waals surface area contributed by atoms with Crippen LogP contribution in [0.2, 0.25) is 5.02 Å². The molecule has 1 fully saturated rings. The van der Waals surface area contributed by atoms with Crippen LogP contribution in [-0.4, -0.2) is 51.3 Å². The maximum absolute atomic E-state index is 6.60. The molecular formula is C21H25ClN6. The van der Waals surface area contributed by atoms with Crippen LogP contribution >= 0.6 is 11.6 Å². The van der Waals surface area contributed by atoms with E-state index >= 15 is 0 Å². The number of hydrogen-bond acceptors (Lipinski definition) is 5. The molecule has 28 heavy (non-hydrogen) atoms. The second-order valence-corrected chi connectivity index (χ2v) is 7.77. The number of aromatic nitrogens is 4. The molecule has 7 heteroatoms. The molecule has 0 radical (unpaired) electrons. The van der Waals surface area contributed by atoms with Crippen molar-refractivity contribution >= 4 is 17.3 Å². The van der Waals surface area contributed by atoms with Gasteiger partial charge >= 0.3 is 0 Å². The van der Waals surface area contributed by atoms with Gasteiger partial charge in [0, 0.05) is 36.9 Å². The first-order valence-electron chi connectivity index (χ1n) is 9.71. The summed E-state index contributed by atoms with van der Waals surface area (Å²) in [6.07, 6.45) is 0. The third-order valence-electron chi connectivity index (χ3n) is 5.25. The quantitative estimate of drug-likeness (QED) is 0.656. The van der Waals surface area contributed by atoms with E-state index in [9.17, 15) is 0 Å². The number of rotatable bonds is 5. The zero-order chi connectivity index (χ0) is 19.5. The molecule has 1 atom stereocenters. The maximum atomic E-state index is 6.60. The molecule has 3 aromatic rings. The van der Waals surface area contributed by atoms with Crippen molar-refractivity contribution in [3.63, 3.8) is 0 Å². The molecule has 0 amide bonds. The largest absolute Gasteiger partial charge is 0.369 e. The van der Waals surface area contributed by atoms with Crippen LogP contribution in [0.4, 0.5) is 5.69 Å². The summed E-state index contributed by atoms with van der Waals surface area (Å²) in [4.78, 5) is 4.86. The van der Waals surface area contributed by atoms with E-state index in [0.29, 0.717) is 0 Å². The van der Waals surface area contributed by atoms with Crippen molar-refractivity contribution in [1.29, 1.82) is 0 Å². The Bertz CT molecular complexity index is 902. The number of piperazine rings is 1. The second kappa shape index (κ2) is 8.29. The van der Waals surface area contributed by atoms with E-state index in [-0.39, 0.29) is 12.1 Å². The molecule has 4 rings (SSSR count). The highest BCUT2D eigenvalue weighted by Crippen LogP contribution is 2.34. The first-order chi connectivity index (χ1) is 13.6. The number of hydrogen-bond donors (Lipinski definition) is 0. The molecular weight excluding hydrogens is 372 g/mol. The molecule has 1 aliphatic heterocycles. The van der Waals surface area contributed by atoms with Gasteiger partial charge in [0.25, 0.3) is 0 Å². The molecule has 2 heterocycles. The molecule has 1 aliphatic rings. The highest BCUT2D eigenvalue weighted by Gasteiger charge is 2.32. The van der Waals surface area contributed by atoms with Crippen LogP contribution in [-0.2, 0) is 0 Å². The lowest BCUT2D eigenvalue weighted by Crippen LogP contribution is -2.48. The molecule has 1 aromatic heterocycles. The highest BCUT2D eigenvalue weighted by atomic mass is 35.5. The predicted molar refractivity (Wildman–Crippen MR) is 112 cm³/mol. The molecule has 0 saturated carbocycles. The van der Waals surface area contributed by atoms with Gasteiger partial charge in [-0.05, 0) is 48.0 Å². The molecule has 0 N–H and O–H groups in total. The molecule has 2 aromatic carbocycles. The van der Waals surface area contributed by atoms with E-state index in [0.717, 1.165) is 42.6 Å². The number of para-hydroxylation sites is 1. The number of benzene rings is 2. The molecule has 0 spiro atoms. The van der Waals surface area contributed by atoms with Crippen LogP contribution < -0.4 is 4.90 Å². The fourth-order valence-corrected chi connectivity index (χ4v) is 4.06. The Morgan fingerprint density at radius 1 is 0.893 bits per heavy atom. The van der Waals surface area contributed by atoms with Crippen molar-refractivity contribution in [2.45, 2.75) is 25.9 Å². The van der Waals surface area contributed by atoms with Gasteiger partial charge in [0.2, 0.25) is 0 Å². The number of tetrazole rings is 1. The SMILES string of the molecule is CC(C)n1nnnc1[C@H](c1ccccc1Cl)N1CCN(c2ccccc2)CC1. The summed E-state index contributed by atoms with van der Waals surface area (Å²) < 4.78 is 1.90. The Hall–Kier alpha value is -2.44. The van der Waals surface area contributed by atoms with Gasteiger partial charge < -0.3 is 4.90 Å². The second-order valence-electron chi connectivity index (χ2n) is 7.36. The first-order valence-corrected chi connectivity index (χ1v) is 10.1. The Morgan fingerprint density at radius 3 is 2.25 bits per heavy atom.